The van der Waals surface area contributed by atoms with Gasteiger partial charge in [0.1, 0.15) is 0 Å². The van der Waals surface area contributed by atoms with Crippen LogP contribution >= 0.6 is 24.0 Å². The molecule has 130 valence electrons. The Balaban J connectivity index is 0.00000242. The van der Waals surface area contributed by atoms with E-state index in [1.54, 1.807) is 0 Å². The van der Waals surface area contributed by atoms with Crippen molar-refractivity contribution in [1.29, 1.82) is 0 Å². The molecule has 1 atom stereocenters. The van der Waals surface area contributed by atoms with E-state index in [2.05, 4.69) is 34.2 Å². The number of nitrogens with zero attached hydrogens (tertiary/aromatic N) is 3. The maximum Gasteiger partial charge on any atom is 0.193 e. The van der Waals surface area contributed by atoms with Gasteiger partial charge in [-0.2, -0.15) is 0 Å². The Morgan fingerprint density at radius 2 is 2.00 bits per heavy atom. The maximum absolute atomic E-state index is 5.45. The van der Waals surface area contributed by atoms with Gasteiger partial charge in [0, 0.05) is 39.7 Å². The number of ether oxygens (including phenoxy) is 1. The quantitative estimate of drug-likeness (QED) is 0.416. The molecule has 0 bridgehead atoms. The molecule has 1 unspecified atom stereocenters. The van der Waals surface area contributed by atoms with Crippen LogP contribution in [0.2, 0.25) is 0 Å². The fourth-order valence-corrected chi connectivity index (χ4v) is 3.32. The first-order chi connectivity index (χ1) is 10.2. The molecule has 2 aliphatic heterocycles. The van der Waals surface area contributed by atoms with E-state index in [9.17, 15) is 0 Å². The number of halogens is 1. The Kier molecular flexibility index (Phi) is 9.66. The maximum atomic E-state index is 5.45. The van der Waals surface area contributed by atoms with Crippen LogP contribution in [0, 0.1) is 11.8 Å². The average molecular weight is 424 g/mol. The molecule has 1 N–H and O–H groups in total. The minimum Gasteiger partial charge on any atom is -0.381 e. The zero-order chi connectivity index (χ0) is 15.1. The van der Waals surface area contributed by atoms with E-state index in [1.807, 2.05) is 7.05 Å². The summed E-state index contributed by atoms with van der Waals surface area (Å²) in [7, 11) is 6.22. The minimum absolute atomic E-state index is 0. The average Bonchev–Trinajstić information content (AvgIpc) is 2.98. The summed E-state index contributed by atoms with van der Waals surface area (Å²) in [6, 6.07) is 0. The number of hydrogen-bond donors (Lipinski definition) is 1. The van der Waals surface area contributed by atoms with E-state index in [0.717, 1.165) is 38.2 Å². The highest BCUT2D eigenvalue weighted by molar-refractivity contribution is 14.0. The fraction of sp³-hybridized carbons (Fsp3) is 0.938. The van der Waals surface area contributed by atoms with Crippen molar-refractivity contribution in [1.82, 2.24) is 15.1 Å². The third-order valence-electron chi connectivity index (χ3n) is 4.80. The first-order valence-electron chi connectivity index (χ1n) is 8.37. The van der Waals surface area contributed by atoms with Crippen LogP contribution < -0.4 is 5.32 Å². The second kappa shape index (κ2) is 10.6. The second-order valence-corrected chi connectivity index (χ2v) is 6.62. The molecule has 0 spiro atoms. The van der Waals surface area contributed by atoms with Gasteiger partial charge in [0.05, 0.1) is 6.61 Å². The Morgan fingerprint density at radius 1 is 1.27 bits per heavy atom. The van der Waals surface area contributed by atoms with Crippen LogP contribution in [-0.4, -0.2) is 76.3 Å². The van der Waals surface area contributed by atoms with Crippen molar-refractivity contribution in [2.75, 3.05) is 60.5 Å². The van der Waals surface area contributed by atoms with Gasteiger partial charge >= 0.3 is 0 Å². The molecule has 2 heterocycles. The predicted octanol–water partition coefficient (Wildman–Crippen LogP) is 1.88. The number of likely N-dealkylation sites (tertiary alicyclic amines) is 1. The van der Waals surface area contributed by atoms with E-state index >= 15 is 0 Å². The van der Waals surface area contributed by atoms with Gasteiger partial charge in [-0.3, -0.25) is 4.99 Å². The van der Waals surface area contributed by atoms with Gasteiger partial charge in [-0.15, -0.1) is 24.0 Å². The van der Waals surface area contributed by atoms with Crippen molar-refractivity contribution in [2.24, 2.45) is 16.8 Å². The van der Waals surface area contributed by atoms with Gasteiger partial charge in [0.2, 0.25) is 0 Å². The normalized spacial score (nSPS) is 24.1. The number of rotatable bonds is 5. The molecule has 2 saturated heterocycles. The first kappa shape index (κ1) is 20.0. The number of nitrogens with one attached hydrogen (secondary N) is 1. The molecular weight excluding hydrogens is 391 g/mol. The molecule has 0 aromatic heterocycles. The SMILES string of the molecule is CN=C(NCCC1CCN(C)CC1)N(C)CC1CCOC1.I. The van der Waals surface area contributed by atoms with Crippen molar-refractivity contribution < 1.29 is 4.74 Å². The highest BCUT2D eigenvalue weighted by Crippen LogP contribution is 2.18. The largest absolute Gasteiger partial charge is 0.381 e. The molecule has 2 aliphatic rings. The van der Waals surface area contributed by atoms with Crippen LogP contribution in [0.3, 0.4) is 0 Å². The summed E-state index contributed by atoms with van der Waals surface area (Å²) in [5.41, 5.74) is 0. The second-order valence-electron chi connectivity index (χ2n) is 6.62. The molecule has 0 radical (unpaired) electrons. The molecule has 6 heteroatoms. The summed E-state index contributed by atoms with van der Waals surface area (Å²) in [4.78, 5) is 9.08. The van der Waals surface area contributed by atoms with Crippen molar-refractivity contribution in [3.05, 3.63) is 0 Å². The Morgan fingerprint density at radius 3 is 2.59 bits per heavy atom. The summed E-state index contributed by atoms with van der Waals surface area (Å²) < 4.78 is 5.45. The van der Waals surface area contributed by atoms with Gasteiger partial charge in [-0.1, -0.05) is 0 Å². The van der Waals surface area contributed by atoms with Gasteiger partial charge in [-0.05, 0) is 51.7 Å². The molecule has 0 aromatic carbocycles. The molecule has 0 amide bonds. The molecule has 2 rings (SSSR count). The van der Waals surface area contributed by atoms with Crippen LogP contribution in [0.15, 0.2) is 4.99 Å². The number of hydrogen-bond acceptors (Lipinski definition) is 3. The van der Waals surface area contributed by atoms with Gasteiger partial charge in [0.15, 0.2) is 5.96 Å². The Bertz CT molecular complexity index is 326. The topological polar surface area (TPSA) is 40.1 Å². The number of guanidine groups is 1. The van der Waals surface area contributed by atoms with E-state index in [4.69, 9.17) is 4.74 Å². The predicted molar refractivity (Wildman–Crippen MR) is 103 cm³/mol. The fourth-order valence-electron chi connectivity index (χ4n) is 3.32. The first-order valence-corrected chi connectivity index (χ1v) is 8.37. The molecule has 0 aromatic rings. The lowest BCUT2D eigenvalue weighted by atomic mass is 9.94. The van der Waals surface area contributed by atoms with Crippen molar-refractivity contribution >= 4 is 29.9 Å². The lowest BCUT2D eigenvalue weighted by Gasteiger charge is -2.29. The smallest absolute Gasteiger partial charge is 0.193 e. The standard InChI is InChI=1S/C16H32N4O.HI/c1-17-16(20(3)12-15-7-11-21-13-15)18-8-4-14-5-9-19(2)10-6-14;/h14-15H,4-13H2,1-3H3,(H,17,18);1H. The highest BCUT2D eigenvalue weighted by Gasteiger charge is 2.20. The molecular formula is C16H33IN4O. The van der Waals surface area contributed by atoms with Crippen LogP contribution in [0.4, 0.5) is 0 Å². The summed E-state index contributed by atoms with van der Waals surface area (Å²) in [5.74, 6) is 2.55. The molecule has 5 nitrogen and oxygen atoms in total. The zero-order valence-electron chi connectivity index (χ0n) is 14.4. The van der Waals surface area contributed by atoms with Crippen molar-refractivity contribution in [3.8, 4) is 0 Å². The number of piperidine rings is 1. The summed E-state index contributed by atoms with van der Waals surface area (Å²) in [6.45, 7) is 6.39. The van der Waals surface area contributed by atoms with Crippen LogP contribution in [0.1, 0.15) is 25.7 Å². The summed E-state index contributed by atoms with van der Waals surface area (Å²) in [5, 5.41) is 3.52. The Labute approximate surface area is 152 Å². The van der Waals surface area contributed by atoms with Crippen LogP contribution in [0.25, 0.3) is 0 Å². The van der Waals surface area contributed by atoms with Crippen molar-refractivity contribution in [2.45, 2.75) is 25.7 Å². The highest BCUT2D eigenvalue weighted by atomic mass is 127. The molecule has 2 fully saturated rings. The Hall–Kier alpha value is -0.0800. The lowest BCUT2D eigenvalue weighted by molar-refractivity contribution is 0.181. The van der Waals surface area contributed by atoms with Crippen molar-refractivity contribution in [3.63, 3.8) is 0 Å². The third-order valence-corrected chi connectivity index (χ3v) is 4.80. The van der Waals surface area contributed by atoms with Gasteiger partial charge in [0.25, 0.3) is 0 Å². The summed E-state index contributed by atoms with van der Waals surface area (Å²) in [6.07, 6.45) is 5.11. The molecule has 22 heavy (non-hydrogen) atoms. The van der Waals surface area contributed by atoms with Crippen LogP contribution in [0.5, 0.6) is 0 Å². The number of aliphatic imine (C=N–C) groups is 1. The lowest BCUT2D eigenvalue weighted by Crippen LogP contribution is -2.42. The minimum atomic E-state index is 0. The van der Waals surface area contributed by atoms with E-state index in [1.165, 1.54) is 38.8 Å². The molecule has 0 saturated carbocycles. The zero-order valence-corrected chi connectivity index (χ0v) is 16.7. The third kappa shape index (κ3) is 6.58. The van der Waals surface area contributed by atoms with Crippen LogP contribution in [-0.2, 0) is 4.74 Å². The summed E-state index contributed by atoms with van der Waals surface area (Å²) >= 11 is 0. The van der Waals surface area contributed by atoms with E-state index < -0.39 is 0 Å². The molecule has 0 aliphatic carbocycles. The van der Waals surface area contributed by atoms with E-state index in [-0.39, 0.29) is 24.0 Å². The van der Waals surface area contributed by atoms with Gasteiger partial charge in [-0.25, -0.2) is 0 Å². The van der Waals surface area contributed by atoms with E-state index in [0.29, 0.717) is 5.92 Å². The monoisotopic (exact) mass is 424 g/mol. The van der Waals surface area contributed by atoms with Gasteiger partial charge < -0.3 is 19.9 Å².